The van der Waals surface area contributed by atoms with Crippen LogP contribution in [0.25, 0.3) is 0 Å². The Morgan fingerprint density at radius 3 is 2.64 bits per heavy atom. The third-order valence-electron chi connectivity index (χ3n) is 4.13. The topological polar surface area (TPSA) is 79.9 Å². The predicted molar refractivity (Wildman–Crippen MR) is 110 cm³/mol. The van der Waals surface area contributed by atoms with Crippen molar-refractivity contribution < 1.29 is 9.53 Å². The van der Waals surface area contributed by atoms with Crippen molar-refractivity contribution in [3.63, 3.8) is 0 Å². The maximum Gasteiger partial charge on any atom is 0.230 e. The van der Waals surface area contributed by atoms with Gasteiger partial charge in [0.1, 0.15) is 12.4 Å². The van der Waals surface area contributed by atoms with Gasteiger partial charge in [-0.05, 0) is 36.1 Å². The highest BCUT2D eigenvalue weighted by molar-refractivity contribution is 7.99. The number of ether oxygens (including phenoxy) is 1. The normalized spacial score (nSPS) is 10.6. The molecule has 1 amide bonds. The molecule has 3 aromatic rings. The maximum atomic E-state index is 12.0. The molecule has 0 aliphatic carbocycles. The minimum absolute atomic E-state index is 0.0282. The van der Waals surface area contributed by atoms with Crippen molar-refractivity contribution in [2.45, 2.75) is 31.5 Å². The second-order valence-corrected chi connectivity index (χ2v) is 7.17. The molecule has 1 aromatic heterocycles. The molecular formula is C21H24N4O2S. The standard InChI is InChI=1S/C21H24N4O2S/c1-2-16-8-10-18(11-9-16)27-14-19-23-21(25-24-19)28-15-20(26)22-13-12-17-6-4-3-5-7-17/h3-11H,2,12-15H2,1H3,(H,22,26)(H,23,24,25). The first-order valence-electron chi connectivity index (χ1n) is 9.29. The zero-order valence-electron chi connectivity index (χ0n) is 15.9. The lowest BCUT2D eigenvalue weighted by atomic mass is 10.1. The van der Waals surface area contributed by atoms with Crippen molar-refractivity contribution in [2.24, 2.45) is 0 Å². The van der Waals surface area contributed by atoms with Gasteiger partial charge in [-0.1, -0.05) is 61.2 Å². The van der Waals surface area contributed by atoms with Gasteiger partial charge < -0.3 is 10.1 Å². The molecule has 1 heterocycles. The van der Waals surface area contributed by atoms with Gasteiger partial charge in [0.25, 0.3) is 0 Å². The number of aryl methyl sites for hydroxylation is 1. The van der Waals surface area contributed by atoms with E-state index in [0.29, 0.717) is 24.1 Å². The summed E-state index contributed by atoms with van der Waals surface area (Å²) < 4.78 is 5.70. The molecule has 7 heteroatoms. The highest BCUT2D eigenvalue weighted by atomic mass is 32.2. The molecule has 0 saturated heterocycles. The van der Waals surface area contributed by atoms with E-state index >= 15 is 0 Å². The van der Waals surface area contributed by atoms with Crippen LogP contribution in [-0.2, 0) is 24.2 Å². The average Bonchev–Trinajstić information content (AvgIpc) is 3.20. The van der Waals surface area contributed by atoms with Gasteiger partial charge in [-0.15, -0.1) is 5.10 Å². The van der Waals surface area contributed by atoms with Gasteiger partial charge in [0.05, 0.1) is 5.75 Å². The van der Waals surface area contributed by atoms with E-state index in [1.807, 2.05) is 42.5 Å². The highest BCUT2D eigenvalue weighted by Crippen LogP contribution is 2.15. The zero-order chi connectivity index (χ0) is 19.6. The Morgan fingerprint density at radius 2 is 1.89 bits per heavy atom. The quantitative estimate of drug-likeness (QED) is 0.514. The molecule has 0 unspecified atom stereocenters. The number of amides is 1. The molecular weight excluding hydrogens is 372 g/mol. The summed E-state index contributed by atoms with van der Waals surface area (Å²) in [5.74, 6) is 1.68. The van der Waals surface area contributed by atoms with Gasteiger partial charge in [0, 0.05) is 6.54 Å². The van der Waals surface area contributed by atoms with Crippen LogP contribution in [0.15, 0.2) is 59.8 Å². The van der Waals surface area contributed by atoms with E-state index in [4.69, 9.17) is 4.74 Å². The van der Waals surface area contributed by atoms with Crippen LogP contribution in [-0.4, -0.2) is 33.4 Å². The van der Waals surface area contributed by atoms with Crippen LogP contribution in [0.4, 0.5) is 0 Å². The van der Waals surface area contributed by atoms with Crippen LogP contribution >= 0.6 is 11.8 Å². The first-order chi connectivity index (χ1) is 13.7. The number of benzene rings is 2. The minimum atomic E-state index is -0.0282. The Labute approximate surface area is 169 Å². The molecule has 3 rings (SSSR count). The Kier molecular flexibility index (Phi) is 7.49. The van der Waals surface area contributed by atoms with E-state index in [-0.39, 0.29) is 11.7 Å². The number of aromatic amines is 1. The number of nitrogens with zero attached hydrogens (tertiary/aromatic N) is 2. The van der Waals surface area contributed by atoms with Gasteiger partial charge in [0.15, 0.2) is 5.82 Å². The van der Waals surface area contributed by atoms with Gasteiger partial charge in [0.2, 0.25) is 11.1 Å². The van der Waals surface area contributed by atoms with Crippen LogP contribution < -0.4 is 10.1 Å². The van der Waals surface area contributed by atoms with Crippen LogP contribution in [0.5, 0.6) is 5.75 Å². The molecule has 0 saturated carbocycles. The molecule has 0 aliphatic rings. The third-order valence-corrected chi connectivity index (χ3v) is 4.98. The lowest BCUT2D eigenvalue weighted by molar-refractivity contribution is -0.118. The Bertz CT molecular complexity index is 866. The molecule has 0 bridgehead atoms. The Balaban J connectivity index is 1.36. The van der Waals surface area contributed by atoms with Crippen LogP contribution in [0.2, 0.25) is 0 Å². The van der Waals surface area contributed by atoms with Crippen LogP contribution in [0.1, 0.15) is 23.9 Å². The molecule has 0 spiro atoms. The summed E-state index contributed by atoms with van der Waals surface area (Å²) in [4.78, 5) is 16.3. The van der Waals surface area contributed by atoms with Gasteiger partial charge in [-0.25, -0.2) is 4.98 Å². The number of hydrogen-bond donors (Lipinski definition) is 2. The Morgan fingerprint density at radius 1 is 1.11 bits per heavy atom. The number of carbonyl (C=O) groups excluding carboxylic acids is 1. The van der Waals surface area contributed by atoms with Crippen molar-refractivity contribution in [1.29, 1.82) is 0 Å². The molecule has 0 fully saturated rings. The SMILES string of the molecule is CCc1ccc(OCc2nc(SCC(=O)NCCc3ccccc3)n[nH]2)cc1. The smallest absolute Gasteiger partial charge is 0.230 e. The van der Waals surface area contributed by atoms with Gasteiger partial charge in [-0.3, -0.25) is 9.89 Å². The second-order valence-electron chi connectivity index (χ2n) is 6.23. The molecule has 28 heavy (non-hydrogen) atoms. The fraction of sp³-hybridized carbons (Fsp3) is 0.286. The van der Waals surface area contributed by atoms with E-state index in [9.17, 15) is 4.79 Å². The van der Waals surface area contributed by atoms with Crippen molar-refractivity contribution in [1.82, 2.24) is 20.5 Å². The van der Waals surface area contributed by atoms with Crippen LogP contribution in [0, 0.1) is 0 Å². The van der Waals surface area contributed by atoms with E-state index < -0.39 is 0 Å². The number of thioether (sulfide) groups is 1. The van der Waals surface area contributed by atoms with Crippen molar-refractivity contribution in [2.75, 3.05) is 12.3 Å². The number of rotatable bonds is 10. The van der Waals surface area contributed by atoms with E-state index in [0.717, 1.165) is 18.6 Å². The zero-order valence-corrected chi connectivity index (χ0v) is 16.7. The molecule has 0 atom stereocenters. The highest BCUT2D eigenvalue weighted by Gasteiger charge is 2.08. The van der Waals surface area contributed by atoms with Gasteiger partial charge >= 0.3 is 0 Å². The largest absolute Gasteiger partial charge is 0.486 e. The van der Waals surface area contributed by atoms with Gasteiger partial charge in [-0.2, -0.15) is 0 Å². The average molecular weight is 397 g/mol. The number of H-pyrrole nitrogens is 1. The summed E-state index contributed by atoms with van der Waals surface area (Å²) in [5.41, 5.74) is 2.48. The van der Waals surface area contributed by atoms with Crippen molar-refractivity contribution >= 4 is 17.7 Å². The number of hydrogen-bond acceptors (Lipinski definition) is 5. The fourth-order valence-corrected chi connectivity index (χ4v) is 3.20. The maximum absolute atomic E-state index is 12.0. The van der Waals surface area contributed by atoms with Crippen molar-refractivity contribution in [3.8, 4) is 5.75 Å². The van der Waals surface area contributed by atoms with E-state index in [2.05, 4.69) is 39.6 Å². The lowest BCUT2D eigenvalue weighted by Gasteiger charge is -2.04. The summed E-state index contributed by atoms with van der Waals surface area (Å²) in [6.07, 6.45) is 1.82. The summed E-state index contributed by atoms with van der Waals surface area (Å²) in [5, 5.41) is 10.4. The molecule has 2 N–H and O–H groups in total. The van der Waals surface area contributed by atoms with Crippen molar-refractivity contribution in [3.05, 3.63) is 71.5 Å². The van der Waals surface area contributed by atoms with E-state index in [1.165, 1.54) is 22.9 Å². The first-order valence-corrected chi connectivity index (χ1v) is 10.3. The minimum Gasteiger partial charge on any atom is -0.486 e. The molecule has 6 nitrogen and oxygen atoms in total. The molecule has 146 valence electrons. The second kappa shape index (κ2) is 10.5. The molecule has 0 radical (unpaired) electrons. The summed E-state index contributed by atoms with van der Waals surface area (Å²) in [6.45, 7) is 3.04. The monoisotopic (exact) mass is 396 g/mol. The molecule has 2 aromatic carbocycles. The first kappa shape index (κ1) is 19.9. The predicted octanol–water partition coefficient (Wildman–Crippen LogP) is 3.40. The lowest BCUT2D eigenvalue weighted by Crippen LogP contribution is -2.27. The van der Waals surface area contributed by atoms with Crippen LogP contribution in [0.3, 0.4) is 0 Å². The number of nitrogens with one attached hydrogen (secondary N) is 2. The Hall–Kier alpha value is -2.80. The molecule has 0 aliphatic heterocycles. The number of carbonyl (C=O) groups is 1. The summed E-state index contributed by atoms with van der Waals surface area (Å²) >= 11 is 1.30. The summed E-state index contributed by atoms with van der Waals surface area (Å²) in [6, 6.07) is 18.1. The fourth-order valence-electron chi connectivity index (χ4n) is 2.55. The third kappa shape index (κ3) is 6.42. The number of aromatic nitrogens is 3. The van der Waals surface area contributed by atoms with E-state index in [1.54, 1.807) is 0 Å². The summed E-state index contributed by atoms with van der Waals surface area (Å²) in [7, 11) is 0.